The largest absolute Gasteiger partial charge is 0.355 e. The van der Waals surface area contributed by atoms with E-state index in [1.54, 1.807) is 18.3 Å². The van der Waals surface area contributed by atoms with Crippen LogP contribution in [0.3, 0.4) is 0 Å². The fourth-order valence-electron chi connectivity index (χ4n) is 4.80. The van der Waals surface area contributed by atoms with Gasteiger partial charge in [-0.2, -0.15) is 0 Å². The van der Waals surface area contributed by atoms with Gasteiger partial charge in [-0.25, -0.2) is 9.97 Å². The highest BCUT2D eigenvalue weighted by atomic mass is 32.2. The molecule has 2 aromatic carbocycles. The number of nitrogens with one attached hydrogen (secondary N) is 1. The second kappa shape index (κ2) is 8.44. The van der Waals surface area contributed by atoms with Crippen LogP contribution in [0.25, 0.3) is 10.9 Å². The first kappa shape index (κ1) is 19.6. The standard InChI is InChI=1S/C24H29N5S/c1-2-30-27-20-7-5-6-19(14-20)15-28-12-10-24(11-13-28)16-29(17-24)23-21-8-3-4-9-22(21)25-18-26-23/h3-9,14,18,27H,2,10-13,15-17H2,1H3. The maximum absolute atomic E-state index is 4.60. The van der Waals surface area contributed by atoms with Gasteiger partial charge in [0.1, 0.15) is 12.1 Å². The Morgan fingerprint density at radius 3 is 2.70 bits per heavy atom. The van der Waals surface area contributed by atoms with Gasteiger partial charge in [0.2, 0.25) is 0 Å². The molecule has 3 aromatic rings. The molecular weight excluding hydrogens is 390 g/mol. The molecule has 2 saturated heterocycles. The molecule has 0 saturated carbocycles. The molecular formula is C24H29N5S. The molecule has 30 heavy (non-hydrogen) atoms. The van der Waals surface area contributed by atoms with Crippen LogP contribution in [0, 0.1) is 5.41 Å². The lowest BCUT2D eigenvalue weighted by Gasteiger charge is -2.54. The highest BCUT2D eigenvalue weighted by Gasteiger charge is 2.45. The summed E-state index contributed by atoms with van der Waals surface area (Å²) in [4.78, 5) is 14.1. The molecule has 2 fully saturated rings. The van der Waals surface area contributed by atoms with Crippen LogP contribution < -0.4 is 9.62 Å². The Hall–Kier alpha value is -2.31. The monoisotopic (exact) mass is 419 g/mol. The number of rotatable bonds is 6. The zero-order valence-electron chi connectivity index (χ0n) is 17.6. The number of hydrogen-bond donors (Lipinski definition) is 1. The second-order valence-electron chi connectivity index (χ2n) is 8.58. The van der Waals surface area contributed by atoms with Crippen molar-refractivity contribution in [1.82, 2.24) is 14.9 Å². The van der Waals surface area contributed by atoms with E-state index >= 15 is 0 Å². The summed E-state index contributed by atoms with van der Waals surface area (Å²) in [5.74, 6) is 2.17. The molecule has 1 spiro atoms. The molecule has 0 aliphatic carbocycles. The molecule has 156 valence electrons. The quantitative estimate of drug-likeness (QED) is 0.579. The fourth-order valence-corrected chi connectivity index (χ4v) is 5.24. The number of nitrogens with zero attached hydrogens (tertiary/aromatic N) is 4. The minimum Gasteiger partial charge on any atom is -0.355 e. The Kier molecular flexibility index (Phi) is 5.52. The van der Waals surface area contributed by atoms with Gasteiger partial charge in [0.15, 0.2) is 0 Å². The molecule has 0 amide bonds. The third-order valence-corrected chi connectivity index (χ3v) is 7.13. The first-order valence-corrected chi connectivity index (χ1v) is 11.9. The number of likely N-dealkylation sites (tertiary alicyclic amines) is 1. The summed E-state index contributed by atoms with van der Waals surface area (Å²) < 4.78 is 3.42. The fraction of sp³-hybridized carbons (Fsp3) is 0.417. The Balaban J connectivity index is 1.17. The molecule has 2 aliphatic heterocycles. The number of hydrogen-bond acceptors (Lipinski definition) is 6. The molecule has 0 atom stereocenters. The smallest absolute Gasteiger partial charge is 0.139 e. The van der Waals surface area contributed by atoms with Crippen molar-refractivity contribution >= 4 is 34.4 Å². The highest BCUT2D eigenvalue weighted by Crippen LogP contribution is 2.43. The van der Waals surface area contributed by atoms with Gasteiger partial charge in [0.25, 0.3) is 0 Å². The van der Waals surface area contributed by atoms with Gasteiger partial charge in [0, 0.05) is 41.9 Å². The van der Waals surface area contributed by atoms with E-state index in [1.807, 2.05) is 6.07 Å². The molecule has 0 radical (unpaired) electrons. The van der Waals surface area contributed by atoms with Gasteiger partial charge in [0.05, 0.1) is 5.52 Å². The van der Waals surface area contributed by atoms with E-state index in [0.29, 0.717) is 5.41 Å². The van der Waals surface area contributed by atoms with Crippen LogP contribution in [0.4, 0.5) is 11.5 Å². The van der Waals surface area contributed by atoms with Gasteiger partial charge in [-0.1, -0.05) is 43.1 Å². The number of piperidine rings is 1. The Morgan fingerprint density at radius 1 is 1.03 bits per heavy atom. The molecule has 0 bridgehead atoms. The van der Waals surface area contributed by atoms with Crippen LogP contribution in [0.1, 0.15) is 25.3 Å². The molecule has 1 aromatic heterocycles. The summed E-state index contributed by atoms with van der Waals surface area (Å²) in [6.45, 7) is 7.81. The van der Waals surface area contributed by atoms with Crippen molar-refractivity contribution in [2.45, 2.75) is 26.3 Å². The van der Waals surface area contributed by atoms with Gasteiger partial charge >= 0.3 is 0 Å². The van der Waals surface area contributed by atoms with E-state index < -0.39 is 0 Å². The van der Waals surface area contributed by atoms with Gasteiger partial charge in [-0.05, 0) is 55.8 Å². The van der Waals surface area contributed by atoms with Crippen LogP contribution in [0.15, 0.2) is 54.9 Å². The second-order valence-corrected chi connectivity index (χ2v) is 9.65. The van der Waals surface area contributed by atoms with Crippen LogP contribution >= 0.6 is 11.9 Å². The van der Waals surface area contributed by atoms with E-state index in [1.165, 1.54) is 42.6 Å². The first-order valence-electron chi connectivity index (χ1n) is 10.9. The van der Waals surface area contributed by atoms with Crippen LogP contribution in [0.5, 0.6) is 0 Å². The summed E-state index contributed by atoms with van der Waals surface area (Å²) in [6.07, 6.45) is 4.25. The summed E-state index contributed by atoms with van der Waals surface area (Å²) in [5.41, 5.74) is 4.10. The van der Waals surface area contributed by atoms with Gasteiger partial charge < -0.3 is 9.62 Å². The van der Waals surface area contributed by atoms with Gasteiger partial charge in [-0.3, -0.25) is 4.90 Å². The number of para-hydroxylation sites is 1. The Bertz CT molecular complexity index is 1000. The minimum atomic E-state index is 0.462. The number of aromatic nitrogens is 2. The topological polar surface area (TPSA) is 44.3 Å². The van der Waals surface area contributed by atoms with Crippen LogP contribution in [0.2, 0.25) is 0 Å². The third-order valence-electron chi connectivity index (χ3n) is 6.46. The van der Waals surface area contributed by atoms with Crippen molar-refractivity contribution in [3.63, 3.8) is 0 Å². The van der Waals surface area contributed by atoms with Crippen molar-refractivity contribution in [1.29, 1.82) is 0 Å². The average molecular weight is 420 g/mol. The van der Waals surface area contributed by atoms with E-state index in [2.05, 4.69) is 73.9 Å². The lowest BCUT2D eigenvalue weighted by molar-refractivity contribution is 0.0721. The summed E-state index contributed by atoms with van der Waals surface area (Å²) in [6, 6.07) is 17.2. The van der Waals surface area contributed by atoms with Crippen molar-refractivity contribution in [3.05, 3.63) is 60.4 Å². The third kappa shape index (κ3) is 3.98. The molecule has 5 rings (SSSR count). The summed E-state index contributed by atoms with van der Waals surface area (Å²) in [7, 11) is 0. The van der Waals surface area contributed by atoms with Crippen molar-refractivity contribution in [2.75, 3.05) is 41.6 Å². The Morgan fingerprint density at radius 2 is 1.87 bits per heavy atom. The molecule has 1 N–H and O–H groups in total. The molecule has 0 unspecified atom stereocenters. The van der Waals surface area contributed by atoms with Crippen LogP contribution in [-0.2, 0) is 6.54 Å². The van der Waals surface area contributed by atoms with E-state index in [0.717, 1.165) is 36.7 Å². The van der Waals surface area contributed by atoms with E-state index in [4.69, 9.17) is 0 Å². The number of fused-ring (bicyclic) bond motifs is 1. The zero-order chi connectivity index (χ0) is 20.4. The van der Waals surface area contributed by atoms with E-state index in [9.17, 15) is 0 Å². The van der Waals surface area contributed by atoms with Crippen molar-refractivity contribution in [2.24, 2.45) is 5.41 Å². The minimum absolute atomic E-state index is 0.462. The van der Waals surface area contributed by atoms with E-state index in [-0.39, 0.29) is 0 Å². The molecule has 2 aliphatic rings. The lowest BCUT2D eigenvalue weighted by atomic mass is 9.72. The molecule has 3 heterocycles. The van der Waals surface area contributed by atoms with Gasteiger partial charge in [-0.15, -0.1) is 0 Å². The predicted molar refractivity (Wildman–Crippen MR) is 127 cm³/mol. The SMILES string of the molecule is CCSNc1cccc(CN2CCC3(CC2)CN(c2ncnc4ccccc24)C3)c1. The highest BCUT2D eigenvalue weighted by molar-refractivity contribution is 8.00. The number of anilines is 2. The average Bonchev–Trinajstić information content (AvgIpc) is 2.77. The summed E-state index contributed by atoms with van der Waals surface area (Å²) >= 11 is 1.75. The molecule has 5 nitrogen and oxygen atoms in total. The molecule has 6 heteroatoms. The maximum Gasteiger partial charge on any atom is 0.139 e. The predicted octanol–water partition coefficient (Wildman–Crippen LogP) is 4.81. The zero-order valence-corrected chi connectivity index (χ0v) is 18.4. The first-order chi connectivity index (χ1) is 14.7. The van der Waals surface area contributed by atoms with Crippen LogP contribution in [-0.4, -0.2) is 46.8 Å². The summed E-state index contributed by atoms with van der Waals surface area (Å²) in [5, 5.41) is 1.17. The van der Waals surface area contributed by atoms with Crippen molar-refractivity contribution < 1.29 is 0 Å². The normalized spacial score (nSPS) is 18.5. The number of benzene rings is 2. The van der Waals surface area contributed by atoms with Crippen molar-refractivity contribution in [3.8, 4) is 0 Å². The maximum atomic E-state index is 4.60. The Labute approximate surface area is 183 Å². The lowest BCUT2D eigenvalue weighted by Crippen LogP contribution is -2.60.